The summed E-state index contributed by atoms with van der Waals surface area (Å²) in [6.45, 7) is 3.80. The molecule has 0 amide bonds. The molecule has 1 fully saturated rings. The molecule has 2 heterocycles. The molecule has 0 unspecified atom stereocenters. The van der Waals surface area contributed by atoms with Gasteiger partial charge in [0.1, 0.15) is 5.82 Å². The highest BCUT2D eigenvalue weighted by molar-refractivity contribution is 6.33. The van der Waals surface area contributed by atoms with Crippen LogP contribution in [0.4, 0.5) is 5.82 Å². The van der Waals surface area contributed by atoms with E-state index < -0.39 is 0 Å². The molecule has 6 heteroatoms. The maximum atomic E-state index is 9.33. The van der Waals surface area contributed by atoms with Gasteiger partial charge in [0, 0.05) is 31.6 Å². The van der Waals surface area contributed by atoms with Gasteiger partial charge in [0.15, 0.2) is 0 Å². The molecule has 1 aliphatic heterocycles. The molecule has 3 aromatic rings. The lowest BCUT2D eigenvalue weighted by atomic mass is 10.0. The number of halogens is 2. The summed E-state index contributed by atoms with van der Waals surface area (Å²) in [4.78, 5) is 7.03. The van der Waals surface area contributed by atoms with E-state index in [1.165, 1.54) is 0 Å². The molecule has 1 saturated heterocycles. The van der Waals surface area contributed by atoms with Crippen molar-refractivity contribution in [3.8, 4) is 11.1 Å². The van der Waals surface area contributed by atoms with Gasteiger partial charge in [-0.1, -0.05) is 35.9 Å². The number of benzene rings is 2. The lowest BCUT2D eigenvalue weighted by molar-refractivity contribution is 0.282. The third-order valence-electron chi connectivity index (χ3n) is 4.61. The van der Waals surface area contributed by atoms with Crippen molar-refractivity contribution in [1.29, 1.82) is 0 Å². The molecule has 0 atom stereocenters. The van der Waals surface area contributed by atoms with Crippen molar-refractivity contribution in [3.05, 3.63) is 59.1 Å². The predicted molar refractivity (Wildman–Crippen MR) is 110 cm³/mol. The molecule has 4 rings (SSSR count). The van der Waals surface area contributed by atoms with E-state index in [4.69, 9.17) is 16.6 Å². The number of pyridine rings is 1. The van der Waals surface area contributed by atoms with E-state index in [2.05, 4.69) is 22.3 Å². The van der Waals surface area contributed by atoms with Gasteiger partial charge >= 0.3 is 0 Å². The Hall–Kier alpha value is -1.85. The normalized spacial score (nSPS) is 14.3. The standard InChI is InChI=1S/C20H20ClN3O.ClH/c21-18-12-17-11-16(15-3-1-2-14(10-15)13-25)4-5-19(17)23-20(18)24-8-6-22-7-9-24;/h1-5,10-12,22,25H,6-9,13H2;1H. The molecule has 0 saturated carbocycles. The minimum absolute atomic E-state index is 0. The summed E-state index contributed by atoms with van der Waals surface area (Å²) < 4.78 is 0. The number of piperazine rings is 1. The Balaban J connectivity index is 0.00000196. The molecule has 136 valence electrons. The second-order valence-electron chi connectivity index (χ2n) is 6.30. The lowest BCUT2D eigenvalue weighted by Crippen LogP contribution is -2.44. The number of nitrogens with zero attached hydrogens (tertiary/aromatic N) is 2. The molecule has 0 spiro atoms. The Morgan fingerprint density at radius 2 is 1.81 bits per heavy atom. The number of rotatable bonds is 3. The number of anilines is 1. The number of hydrogen-bond donors (Lipinski definition) is 2. The largest absolute Gasteiger partial charge is 0.392 e. The zero-order valence-electron chi connectivity index (χ0n) is 14.3. The van der Waals surface area contributed by atoms with E-state index >= 15 is 0 Å². The van der Waals surface area contributed by atoms with Crippen molar-refractivity contribution in [2.45, 2.75) is 6.61 Å². The molecule has 2 N–H and O–H groups in total. The zero-order chi connectivity index (χ0) is 17.2. The van der Waals surface area contributed by atoms with E-state index in [9.17, 15) is 5.11 Å². The second-order valence-corrected chi connectivity index (χ2v) is 6.70. The molecule has 1 aliphatic rings. The van der Waals surface area contributed by atoms with Crippen LogP contribution in [0.15, 0.2) is 48.5 Å². The molecular formula is C20H21Cl2N3O. The summed E-state index contributed by atoms with van der Waals surface area (Å²) >= 11 is 6.52. The smallest absolute Gasteiger partial charge is 0.148 e. The van der Waals surface area contributed by atoms with Gasteiger partial charge in [-0.3, -0.25) is 0 Å². The summed E-state index contributed by atoms with van der Waals surface area (Å²) in [7, 11) is 0. The van der Waals surface area contributed by atoms with Crippen molar-refractivity contribution in [3.63, 3.8) is 0 Å². The molecule has 26 heavy (non-hydrogen) atoms. The number of aliphatic hydroxyl groups is 1. The van der Waals surface area contributed by atoms with Gasteiger partial charge in [0.05, 0.1) is 17.1 Å². The van der Waals surface area contributed by atoms with Gasteiger partial charge in [-0.25, -0.2) is 4.98 Å². The summed E-state index contributed by atoms with van der Waals surface area (Å²) in [6.07, 6.45) is 0. The second kappa shape index (κ2) is 8.23. The summed E-state index contributed by atoms with van der Waals surface area (Å²) in [5.41, 5.74) is 4.02. The number of aliphatic hydroxyl groups excluding tert-OH is 1. The van der Waals surface area contributed by atoms with E-state index in [0.29, 0.717) is 5.02 Å². The summed E-state index contributed by atoms with van der Waals surface area (Å²) in [5.74, 6) is 0.866. The number of aromatic nitrogens is 1. The maximum absolute atomic E-state index is 9.33. The maximum Gasteiger partial charge on any atom is 0.148 e. The molecule has 4 nitrogen and oxygen atoms in total. The third kappa shape index (κ3) is 3.79. The van der Waals surface area contributed by atoms with Gasteiger partial charge in [-0.2, -0.15) is 0 Å². The van der Waals surface area contributed by atoms with Crippen molar-refractivity contribution >= 4 is 40.7 Å². The lowest BCUT2D eigenvalue weighted by Gasteiger charge is -2.29. The number of nitrogens with one attached hydrogen (secondary N) is 1. The fourth-order valence-electron chi connectivity index (χ4n) is 3.27. The van der Waals surface area contributed by atoms with Crippen LogP contribution in [0, 0.1) is 0 Å². The SMILES string of the molecule is Cl.OCc1cccc(-c2ccc3nc(N4CCNCC4)c(Cl)cc3c2)c1. The van der Waals surface area contributed by atoms with Gasteiger partial charge in [-0.05, 0) is 41.0 Å². The third-order valence-corrected chi connectivity index (χ3v) is 4.89. The van der Waals surface area contributed by atoms with Crippen molar-refractivity contribution in [1.82, 2.24) is 10.3 Å². The zero-order valence-corrected chi connectivity index (χ0v) is 15.9. The van der Waals surface area contributed by atoms with E-state index in [1.807, 2.05) is 36.4 Å². The Morgan fingerprint density at radius 3 is 2.58 bits per heavy atom. The van der Waals surface area contributed by atoms with E-state index in [0.717, 1.165) is 59.6 Å². The number of hydrogen-bond acceptors (Lipinski definition) is 4. The van der Waals surface area contributed by atoms with Crippen molar-refractivity contribution in [2.75, 3.05) is 31.1 Å². The van der Waals surface area contributed by atoms with Crippen LogP contribution in [0.25, 0.3) is 22.0 Å². The van der Waals surface area contributed by atoms with Crippen LogP contribution in [-0.4, -0.2) is 36.3 Å². The summed E-state index contributed by atoms with van der Waals surface area (Å²) in [5, 5.41) is 14.4. The van der Waals surface area contributed by atoms with E-state index in [1.54, 1.807) is 0 Å². The number of fused-ring (bicyclic) bond motifs is 1. The minimum atomic E-state index is 0. The average Bonchev–Trinajstić information content (AvgIpc) is 2.67. The molecule has 2 aromatic carbocycles. The molecular weight excluding hydrogens is 369 g/mol. The fourth-order valence-corrected chi connectivity index (χ4v) is 3.55. The molecule has 1 aromatic heterocycles. The highest BCUT2D eigenvalue weighted by Gasteiger charge is 2.16. The van der Waals surface area contributed by atoms with Crippen LogP contribution in [0.1, 0.15) is 5.56 Å². The van der Waals surface area contributed by atoms with Crippen LogP contribution in [0.2, 0.25) is 5.02 Å². The first-order valence-electron chi connectivity index (χ1n) is 8.51. The van der Waals surface area contributed by atoms with Gasteiger partial charge in [0.2, 0.25) is 0 Å². The Morgan fingerprint density at radius 1 is 1.04 bits per heavy atom. The Bertz CT molecular complexity index is 911. The van der Waals surface area contributed by atoms with Crippen LogP contribution in [-0.2, 0) is 6.61 Å². The van der Waals surface area contributed by atoms with Gasteiger partial charge < -0.3 is 15.3 Å². The predicted octanol–water partition coefficient (Wildman–Crippen LogP) is 3.88. The van der Waals surface area contributed by atoms with Gasteiger partial charge in [0.25, 0.3) is 0 Å². The van der Waals surface area contributed by atoms with Gasteiger partial charge in [-0.15, -0.1) is 12.4 Å². The van der Waals surface area contributed by atoms with Crippen LogP contribution in [0.5, 0.6) is 0 Å². The molecule has 0 aliphatic carbocycles. The highest BCUT2D eigenvalue weighted by Crippen LogP contribution is 2.31. The molecule has 0 bridgehead atoms. The Kier molecular flexibility index (Phi) is 5.99. The van der Waals surface area contributed by atoms with Crippen molar-refractivity contribution in [2.24, 2.45) is 0 Å². The van der Waals surface area contributed by atoms with Crippen LogP contribution in [0.3, 0.4) is 0 Å². The highest BCUT2D eigenvalue weighted by atomic mass is 35.5. The van der Waals surface area contributed by atoms with Crippen LogP contribution >= 0.6 is 24.0 Å². The minimum Gasteiger partial charge on any atom is -0.392 e. The first kappa shape index (κ1) is 18.9. The molecule has 0 radical (unpaired) electrons. The van der Waals surface area contributed by atoms with Crippen molar-refractivity contribution < 1.29 is 5.11 Å². The topological polar surface area (TPSA) is 48.4 Å². The van der Waals surface area contributed by atoms with Crippen LogP contribution < -0.4 is 10.2 Å². The Labute approximate surface area is 164 Å². The summed E-state index contributed by atoms with van der Waals surface area (Å²) in [6, 6.07) is 16.1. The first-order chi connectivity index (χ1) is 12.2. The average molecular weight is 390 g/mol. The van der Waals surface area contributed by atoms with E-state index in [-0.39, 0.29) is 19.0 Å². The first-order valence-corrected chi connectivity index (χ1v) is 8.88. The monoisotopic (exact) mass is 389 g/mol. The fraction of sp³-hybridized carbons (Fsp3) is 0.250. The quantitative estimate of drug-likeness (QED) is 0.713.